The van der Waals surface area contributed by atoms with E-state index >= 15 is 0 Å². The highest BCUT2D eigenvalue weighted by molar-refractivity contribution is 6.41. The highest BCUT2D eigenvalue weighted by Crippen LogP contribution is 2.13. The number of hydrogen-bond donors (Lipinski definition) is 0. The van der Waals surface area contributed by atoms with Gasteiger partial charge in [-0.3, -0.25) is 0 Å². The number of ether oxygens (including phenoxy) is 1. The zero-order valence-corrected chi connectivity index (χ0v) is 11.2. The molecule has 0 heterocycles. The molecule has 0 radical (unpaired) electrons. The first kappa shape index (κ1) is 13.8. The van der Waals surface area contributed by atoms with E-state index < -0.39 is 5.97 Å². The van der Waals surface area contributed by atoms with Crippen LogP contribution in [0.25, 0.3) is 0 Å². The van der Waals surface area contributed by atoms with E-state index in [-0.39, 0.29) is 12.3 Å². The number of carbonyl (C=O) groups excluding carboxylic acids is 1. The molecule has 4 heteroatoms. The lowest BCUT2D eigenvalue weighted by Crippen LogP contribution is -2.26. The first-order valence-corrected chi connectivity index (χ1v) is 6.36. The van der Waals surface area contributed by atoms with Crippen LogP contribution in [-0.2, 0) is 9.53 Å². The minimum atomic E-state index is -0.627. The van der Waals surface area contributed by atoms with Crippen molar-refractivity contribution in [2.45, 2.75) is 6.92 Å². The Hall–Kier alpha value is -2.62. The third kappa shape index (κ3) is 3.03. The Balaban J connectivity index is 2.54. The van der Waals surface area contributed by atoms with Gasteiger partial charge in [0.25, 0.3) is 0 Å². The molecule has 0 fully saturated rings. The number of carbonyl (C=O) groups is 1. The van der Waals surface area contributed by atoms with Crippen LogP contribution < -0.4 is 0 Å². The monoisotopic (exact) mass is 269 g/mol. The van der Waals surface area contributed by atoms with Gasteiger partial charge in [0.05, 0.1) is 12.2 Å². The van der Waals surface area contributed by atoms with Gasteiger partial charge < -0.3 is 9.94 Å². The minimum Gasteiger partial charge on any atom is -0.618 e. The number of esters is 1. The van der Waals surface area contributed by atoms with Crippen molar-refractivity contribution in [2.24, 2.45) is 0 Å². The van der Waals surface area contributed by atoms with Gasteiger partial charge >= 0.3 is 11.7 Å². The van der Waals surface area contributed by atoms with Gasteiger partial charge in [0, 0.05) is 12.1 Å². The van der Waals surface area contributed by atoms with Crippen molar-refractivity contribution in [3.8, 4) is 0 Å². The van der Waals surface area contributed by atoms with Gasteiger partial charge in [-0.15, -0.1) is 0 Å². The lowest BCUT2D eigenvalue weighted by Gasteiger charge is -2.09. The molecule has 0 spiro atoms. The molecule has 2 aromatic rings. The van der Waals surface area contributed by atoms with Crippen molar-refractivity contribution in [3.05, 3.63) is 71.4 Å². The molecule has 4 nitrogen and oxygen atoms in total. The summed E-state index contributed by atoms with van der Waals surface area (Å²) in [6.07, 6.45) is 0. The summed E-state index contributed by atoms with van der Waals surface area (Å²) in [5.74, 6) is -0.627. The smallest absolute Gasteiger partial charge is 0.405 e. The van der Waals surface area contributed by atoms with Crippen LogP contribution in [0.2, 0.25) is 0 Å². The lowest BCUT2D eigenvalue weighted by molar-refractivity contribution is -0.360. The fourth-order valence-corrected chi connectivity index (χ4v) is 1.81. The Morgan fingerprint density at radius 2 is 1.60 bits per heavy atom. The molecule has 0 aliphatic heterocycles. The van der Waals surface area contributed by atoms with E-state index in [0.717, 1.165) is 0 Å². The number of benzene rings is 2. The summed E-state index contributed by atoms with van der Waals surface area (Å²) in [5, 5.41) is 12.4. The van der Waals surface area contributed by atoms with Gasteiger partial charge in [-0.05, 0) is 19.1 Å². The molecular weight excluding hydrogens is 254 g/mol. The molecule has 0 aliphatic rings. The molecule has 2 rings (SSSR count). The molecule has 0 saturated carbocycles. The molecule has 0 atom stereocenters. The minimum absolute atomic E-state index is 0.0151. The summed E-state index contributed by atoms with van der Waals surface area (Å²) in [6.45, 7) is 1.93. The molecule has 0 saturated heterocycles. The SMILES string of the molecule is CCOC(=O)/C(c1ccccc1)=[N+](/[O-])c1ccccc1. The standard InChI is InChI=1S/C16H15NO3/c1-2-20-16(18)15(13-9-5-3-6-10-13)17(19)14-11-7-4-8-12-14/h3-12H,2H2,1H3/b17-15+. The summed E-state index contributed by atoms with van der Waals surface area (Å²) in [6, 6.07) is 17.4. The molecule has 0 N–H and O–H groups in total. The quantitative estimate of drug-likeness (QED) is 0.282. The molecule has 0 aromatic heterocycles. The molecule has 0 unspecified atom stereocenters. The van der Waals surface area contributed by atoms with Crippen LogP contribution in [0.4, 0.5) is 5.69 Å². The summed E-state index contributed by atoms with van der Waals surface area (Å²) in [5.41, 5.74) is 0.905. The second-order valence-corrected chi connectivity index (χ2v) is 4.07. The van der Waals surface area contributed by atoms with Crippen LogP contribution in [0.5, 0.6) is 0 Å². The zero-order valence-electron chi connectivity index (χ0n) is 11.2. The topological polar surface area (TPSA) is 52.4 Å². The summed E-state index contributed by atoms with van der Waals surface area (Å²) >= 11 is 0. The van der Waals surface area contributed by atoms with Crippen molar-refractivity contribution < 1.29 is 14.3 Å². The van der Waals surface area contributed by atoms with Crippen LogP contribution in [0, 0.1) is 5.21 Å². The predicted octanol–water partition coefficient (Wildman–Crippen LogP) is 2.88. The maximum atomic E-state index is 12.4. The molecule has 0 aliphatic carbocycles. The summed E-state index contributed by atoms with van der Waals surface area (Å²) in [7, 11) is 0. The van der Waals surface area contributed by atoms with E-state index in [1.165, 1.54) is 0 Å². The summed E-state index contributed by atoms with van der Waals surface area (Å²) < 4.78 is 5.59. The average molecular weight is 269 g/mol. The zero-order chi connectivity index (χ0) is 14.4. The molecule has 20 heavy (non-hydrogen) atoms. The number of nitrogens with zero attached hydrogens (tertiary/aromatic N) is 1. The van der Waals surface area contributed by atoms with E-state index in [0.29, 0.717) is 16.0 Å². The van der Waals surface area contributed by atoms with Crippen molar-refractivity contribution in [3.63, 3.8) is 0 Å². The highest BCUT2D eigenvalue weighted by atomic mass is 16.5. The third-order valence-electron chi connectivity index (χ3n) is 2.71. The Bertz CT molecular complexity index is 606. The van der Waals surface area contributed by atoms with E-state index in [9.17, 15) is 10.0 Å². The highest BCUT2D eigenvalue weighted by Gasteiger charge is 2.25. The van der Waals surface area contributed by atoms with Crippen LogP contribution in [0.1, 0.15) is 12.5 Å². The van der Waals surface area contributed by atoms with Crippen LogP contribution in [0.3, 0.4) is 0 Å². The molecular formula is C16H15NO3. The number of para-hydroxylation sites is 1. The Kier molecular flexibility index (Phi) is 4.50. The maximum Gasteiger partial charge on any atom is 0.405 e. The third-order valence-corrected chi connectivity index (χ3v) is 2.71. The van der Waals surface area contributed by atoms with Gasteiger partial charge in [0.15, 0.2) is 0 Å². The molecule has 2 aromatic carbocycles. The largest absolute Gasteiger partial charge is 0.618 e. The average Bonchev–Trinajstić information content (AvgIpc) is 2.50. The lowest BCUT2D eigenvalue weighted by atomic mass is 10.1. The van der Waals surface area contributed by atoms with Gasteiger partial charge in [0.1, 0.15) is 0 Å². The Labute approximate surface area is 117 Å². The van der Waals surface area contributed by atoms with E-state index in [1.807, 2.05) is 12.1 Å². The van der Waals surface area contributed by atoms with Gasteiger partial charge in [-0.2, -0.15) is 4.74 Å². The van der Waals surface area contributed by atoms with Crippen LogP contribution >= 0.6 is 0 Å². The fourth-order valence-electron chi connectivity index (χ4n) is 1.81. The normalized spacial score (nSPS) is 11.7. The molecule has 0 bridgehead atoms. The number of hydrogen-bond acceptors (Lipinski definition) is 3. The van der Waals surface area contributed by atoms with Crippen LogP contribution in [-0.4, -0.2) is 23.0 Å². The van der Waals surface area contributed by atoms with E-state index in [2.05, 4.69) is 0 Å². The predicted molar refractivity (Wildman–Crippen MR) is 76.9 cm³/mol. The second kappa shape index (κ2) is 6.52. The van der Waals surface area contributed by atoms with Crippen molar-refractivity contribution in [2.75, 3.05) is 6.61 Å². The first-order chi connectivity index (χ1) is 9.74. The Morgan fingerprint density at radius 3 is 2.15 bits per heavy atom. The maximum absolute atomic E-state index is 12.4. The van der Waals surface area contributed by atoms with E-state index in [1.54, 1.807) is 55.5 Å². The molecule has 0 amide bonds. The van der Waals surface area contributed by atoms with Crippen molar-refractivity contribution in [1.82, 2.24) is 0 Å². The molecule has 102 valence electrons. The van der Waals surface area contributed by atoms with Crippen molar-refractivity contribution >= 4 is 17.4 Å². The first-order valence-electron chi connectivity index (χ1n) is 6.36. The van der Waals surface area contributed by atoms with Gasteiger partial charge in [-0.25, -0.2) is 4.79 Å². The van der Waals surface area contributed by atoms with Crippen LogP contribution in [0.15, 0.2) is 60.7 Å². The fraction of sp³-hybridized carbons (Fsp3) is 0.125. The van der Waals surface area contributed by atoms with E-state index in [4.69, 9.17) is 4.74 Å². The summed E-state index contributed by atoms with van der Waals surface area (Å²) in [4.78, 5) is 12.1. The number of rotatable bonds is 4. The van der Waals surface area contributed by atoms with Gasteiger partial charge in [0.2, 0.25) is 5.69 Å². The van der Waals surface area contributed by atoms with Gasteiger partial charge in [-0.1, -0.05) is 36.4 Å². The second-order valence-electron chi connectivity index (χ2n) is 4.07. The van der Waals surface area contributed by atoms with Crippen molar-refractivity contribution in [1.29, 1.82) is 0 Å². The Morgan fingerprint density at radius 1 is 1.05 bits per heavy atom.